The molecule has 10 heteroatoms. The second kappa shape index (κ2) is 7.82. The van der Waals surface area contributed by atoms with Gasteiger partial charge in [-0.15, -0.1) is 11.8 Å². The van der Waals surface area contributed by atoms with Gasteiger partial charge in [0.2, 0.25) is 0 Å². The van der Waals surface area contributed by atoms with Crippen LogP contribution in [0.1, 0.15) is 11.9 Å². The zero-order valence-corrected chi connectivity index (χ0v) is 16.4. The van der Waals surface area contributed by atoms with Crippen molar-refractivity contribution in [2.45, 2.75) is 35.2 Å². The molecule has 1 aromatic carbocycles. The minimum atomic E-state index is -1.19. The lowest BCUT2D eigenvalue weighted by Crippen LogP contribution is -2.33. The fourth-order valence-electron chi connectivity index (χ4n) is 3.01. The van der Waals surface area contributed by atoms with Gasteiger partial charge >= 0.3 is 0 Å². The van der Waals surface area contributed by atoms with E-state index < -0.39 is 24.5 Å². The third-order valence-electron chi connectivity index (χ3n) is 4.40. The summed E-state index contributed by atoms with van der Waals surface area (Å²) in [5.74, 6) is 0.600. The predicted molar refractivity (Wildman–Crippen MR) is 102 cm³/mol. The van der Waals surface area contributed by atoms with Crippen molar-refractivity contribution < 1.29 is 20.1 Å². The average molecular weight is 453 g/mol. The second-order valence-corrected chi connectivity index (χ2v) is 8.08. The summed E-state index contributed by atoms with van der Waals surface area (Å²) in [6.45, 7) is -0.384. The molecule has 4 rings (SSSR count). The number of nitrogens with zero attached hydrogens (tertiary/aromatic N) is 4. The molecule has 0 unspecified atom stereocenters. The normalized spacial score (nSPS) is 25.3. The van der Waals surface area contributed by atoms with Gasteiger partial charge in [0.15, 0.2) is 11.9 Å². The van der Waals surface area contributed by atoms with Crippen LogP contribution in [-0.2, 0) is 10.5 Å². The lowest BCUT2D eigenvalue weighted by Gasteiger charge is -2.16. The van der Waals surface area contributed by atoms with Gasteiger partial charge in [-0.1, -0.05) is 22.0 Å². The van der Waals surface area contributed by atoms with E-state index in [2.05, 4.69) is 30.9 Å². The molecule has 2 aromatic heterocycles. The number of aliphatic hydroxyl groups excluding tert-OH is 3. The molecule has 0 spiro atoms. The van der Waals surface area contributed by atoms with E-state index >= 15 is 0 Å². The molecule has 3 N–H and O–H groups in total. The van der Waals surface area contributed by atoms with Crippen molar-refractivity contribution in [1.82, 2.24) is 19.5 Å². The molecule has 1 aliphatic heterocycles. The van der Waals surface area contributed by atoms with E-state index in [9.17, 15) is 15.3 Å². The summed E-state index contributed by atoms with van der Waals surface area (Å²) in [5, 5.41) is 29.5. The molecule has 3 heterocycles. The molecule has 0 saturated carbocycles. The highest BCUT2D eigenvalue weighted by Crippen LogP contribution is 2.32. The summed E-state index contributed by atoms with van der Waals surface area (Å²) in [5.41, 5.74) is 1.87. The molecule has 0 radical (unpaired) electrons. The van der Waals surface area contributed by atoms with Crippen molar-refractivity contribution in [2.75, 3.05) is 6.61 Å². The van der Waals surface area contributed by atoms with Gasteiger partial charge < -0.3 is 20.1 Å². The number of aliphatic hydroxyl groups is 3. The summed E-state index contributed by atoms with van der Waals surface area (Å²) >= 11 is 5.09. The van der Waals surface area contributed by atoms with E-state index in [1.54, 1.807) is 16.3 Å². The van der Waals surface area contributed by atoms with Gasteiger partial charge in [-0.25, -0.2) is 15.0 Å². The average Bonchev–Trinajstić information content (AvgIpc) is 3.22. The van der Waals surface area contributed by atoms with Crippen molar-refractivity contribution in [2.24, 2.45) is 0 Å². The number of hydrogen-bond acceptors (Lipinski definition) is 8. The van der Waals surface area contributed by atoms with Gasteiger partial charge in [-0.05, 0) is 18.2 Å². The third-order valence-corrected chi connectivity index (χ3v) is 5.90. The fraction of sp³-hybridized carbons (Fsp3) is 0.353. The first-order chi connectivity index (χ1) is 13.1. The number of thioether (sulfide) groups is 1. The molecule has 3 aromatic rings. The standard InChI is InChI=1S/C17H17BrN4O4S/c18-9-2-1-3-10(4-9)27-6-11-13-16(20-7-19-11)22(8-21-13)17-15(25)14(24)12(5-23)26-17/h1-4,7-8,12,14-15,17,23-25H,5-6H2/t12-,14-,15-,17-/m1/s1. The van der Waals surface area contributed by atoms with Crippen LogP contribution >= 0.6 is 27.7 Å². The molecule has 0 bridgehead atoms. The Labute approximate surface area is 167 Å². The van der Waals surface area contributed by atoms with Crippen molar-refractivity contribution in [1.29, 1.82) is 0 Å². The van der Waals surface area contributed by atoms with E-state index in [4.69, 9.17) is 4.74 Å². The Morgan fingerprint density at radius 2 is 2.04 bits per heavy atom. The van der Waals surface area contributed by atoms with E-state index in [1.165, 1.54) is 12.7 Å². The number of hydrogen-bond donors (Lipinski definition) is 3. The van der Waals surface area contributed by atoms with Gasteiger partial charge in [-0.3, -0.25) is 4.57 Å². The summed E-state index contributed by atoms with van der Waals surface area (Å²) in [7, 11) is 0. The van der Waals surface area contributed by atoms with Crippen molar-refractivity contribution in [3.8, 4) is 0 Å². The highest BCUT2D eigenvalue weighted by Gasteiger charge is 2.44. The first-order valence-electron chi connectivity index (χ1n) is 8.25. The van der Waals surface area contributed by atoms with Crippen molar-refractivity contribution in [3.05, 3.63) is 47.1 Å². The Hall–Kier alpha value is -1.56. The fourth-order valence-corrected chi connectivity index (χ4v) is 4.46. The second-order valence-electron chi connectivity index (χ2n) is 6.12. The number of fused-ring (bicyclic) bond motifs is 1. The molecule has 1 fully saturated rings. The van der Waals surface area contributed by atoms with Crippen LogP contribution in [0.25, 0.3) is 11.2 Å². The first kappa shape index (κ1) is 18.8. The van der Waals surface area contributed by atoms with Crippen LogP contribution in [0.5, 0.6) is 0 Å². The van der Waals surface area contributed by atoms with Crippen molar-refractivity contribution in [3.63, 3.8) is 0 Å². The van der Waals surface area contributed by atoms with Crippen LogP contribution in [-0.4, -0.2) is 59.8 Å². The Bertz CT molecular complexity index is 956. The smallest absolute Gasteiger partial charge is 0.165 e. The van der Waals surface area contributed by atoms with Gasteiger partial charge in [0.05, 0.1) is 18.6 Å². The Balaban J connectivity index is 1.60. The van der Waals surface area contributed by atoms with E-state index in [-0.39, 0.29) is 6.61 Å². The highest BCUT2D eigenvalue weighted by atomic mass is 79.9. The summed E-state index contributed by atoms with van der Waals surface area (Å²) in [6.07, 6.45) is -1.13. The minimum absolute atomic E-state index is 0.384. The maximum atomic E-state index is 10.3. The van der Waals surface area contributed by atoms with Crippen LogP contribution in [0.4, 0.5) is 0 Å². The number of aromatic nitrogens is 4. The topological polar surface area (TPSA) is 114 Å². The molecule has 4 atom stereocenters. The maximum Gasteiger partial charge on any atom is 0.165 e. The first-order valence-corrected chi connectivity index (χ1v) is 10.0. The summed E-state index contributed by atoms with van der Waals surface area (Å²) in [6, 6.07) is 7.99. The molecule has 0 aliphatic carbocycles. The molecule has 1 aliphatic rings. The van der Waals surface area contributed by atoms with E-state index in [0.717, 1.165) is 15.1 Å². The molecule has 142 valence electrons. The van der Waals surface area contributed by atoms with Gasteiger partial charge in [0, 0.05) is 15.1 Å². The Morgan fingerprint density at radius 3 is 2.78 bits per heavy atom. The number of imidazole rings is 1. The van der Waals surface area contributed by atoms with Crippen LogP contribution in [0.2, 0.25) is 0 Å². The van der Waals surface area contributed by atoms with Gasteiger partial charge in [0.25, 0.3) is 0 Å². The van der Waals surface area contributed by atoms with Crippen LogP contribution in [0.15, 0.2) is 46.3 Å². The lowest BCUT2D eigenvalue weighted by atomic mass is 10.1. The molecular formula is C17H17BrN4O4S. The van der Waals surface area contributed by atoms with Crippen LogP contribution < -0.4 is 0 Å². The van der Waals surface area contributed by atoms with Gasteiger partial charge in [-0.2, -0.15) is 0 Å². The quantitative estimate of drug-likeness (QED) is 0.498. The zero-order valence-electron chi connectivity index (χ0n) is 14.0. The molecule has 1 saturated heterocycles. The SMILES string of the molecule is OC[C@H]1O[C@@H](n2cnc3c(CSc4cccc(Br)c4)ncnc32)[C@H](O)[C@@H]1O. The Kier molecular flexibility index (Phi) is 5.44. The third kappa shape index (κ3) is 3.60. The zero-order chi connectivity index (χ0) is 19.0. The number of benzene rings is 1. The largest absolute Gasteiger partial charge is 0.394 e. The Morgan fingerprint density at radius 1 is 1.19 bits per heavy atom. The number of halogens is 1. The maximum absolute atomic E-state index is 10.3. The van der Waals surface area contributed by atoms with Crippen LogP contribution in [0, 0.1) is 0 Å². The van der Waals surface area contributed by atoms with Crippen molar-refractivity contribution >= 4 is 38.9 Å². The lowest BCUT2D eigenvalue weighted by molar-refractivity contribution is -0.0511. The summed E-state index contributed by atoms with van der Waals surface area (Å²) in [4.78, 5) is 14.1. The van der Waals surface area contributed by atoms with E-state index in [0.29, 0.717) is 16.9 Å². The molecular weight excluding hydrogens is 436 g/mol. The molecule has 27 heavy (non-hydrogen) atoms. The molecule has 0 amide bonds. The minimum Gasteiger partial charge on any atom is -0.394 e. The van der Waals surface area contributed by atoms with Crippen LogP contribution in [0.3, 0.4) is 0 Å². The monoisotopic (exact) mass is 452 g/mol. The van der Waals surface area contributed by atoms with Gasteiger partial charge in [0.1, 0.15) is 30.2 Å². The molecule has 8 nitrogen and oxygen atoms in total. The highest BCUT2D eigenvalue weighted by molar-refractivity contribution is 9.10. The number of ether oxygens (including phenoxy) is 1. The summed E-state index contributed by atoms with van der Waals surface area (Å²) < 4.78 is 8.14. The number of rotatable bonds is 5. The van der Waals surface area contributed by atoms with E-state index in [1.807, 2.05) is 24.3 Å². The predicted octanol–water partition coefficient (Wildman–Crippen LogP) is 1.49.